The summed E-state index contributed by atoms with van der Waals surface area (Å²) in [6.07, 6.45) is 8.86. The first-order valence-corrected chi connectivity index (χ1v) is 8.88. The Balaban J connectivity index is 2.03. The smallest absolute Gasteiger partial charge is 0.179 e. The van der Waals surface area contributed by atoms with Crippen LogP contribution >= 0.6 is 24.0 Å². The number of pyridine rings is 1. The second kappa shape index (κ2) is 5.53. The predicted molar refractivity (Wildman–Crippen MR) is 89.0 cm³/mol. The Kier molecular flexibility index (Phi) is 3.91. The van der Waals surface area contributed by atoms with Gasteiger partial charge in [-0.15, -0.1) is 0 Å². The molecule has 2 aromatic rings. The van der Waals surface area contributed by atoms with E-state index in [2.05, 4.69) is 26.9 Å². The Morgan fingerprint density at radius 3 is 2.80 bits per heavy atom. The van der Waals surface area contributed by atoms with Crippen LogP contribution in [0.4, 0.5) is 0 Å². The molecule has 0 bridgehead atoms. The molecule has 0 unspecified atom stereocenters. The predicted octanol–water partition coefficient (Wildman–Crippen LogP) is 4.47. The monoisotopic (exact) mass is 307 g/mol. The highest BCUT2D eigenvalue weighted by molar-refractivity contribution is 8.00. The highest BCUT2D eigenvalue weighted by Crippen LogP contribution is 2.40. The van der Waals surface area contributed by atoms with Gasteiger partial charge in [0.25, 0.3) is 0 Å². The summed E-state index contributed by atoms with van der Waals surface area (Å²) in [4.78, 5) is 7.97. The maximum absolute atomic E-state index is 5.52. The largest absolute Gasteiger partial charge is 0.329 e. The number of hydrogen-bond donors (Lipinski definition) is 1. The molecule has 5 heteroatoms. The van der Waals surface area contributed by atoms with E-state index in [0.717, 1.165) is 28.2 Å². The van der Waals surface area contributed by atoms with Crippen molar-refractivity contribution in [3.63, 3.8) is 0 Å². The van der Waals surface area contributed by atoms with Crippen LogP contribution in [0, 0.1) is 11.7 Å². The lowest BCUT2D eigenvalue weighted by atomic mass is 9.88. The minimum Gasteiger partial charge on any atom is -0.329 e. The maximum Gasteiger partial charge on any atom is 0.179 e. The third kappa shape index (κ3) is 2.53. The van der Waals surface area contributed by atoms with Crippen molar-refractivity contribution >= 4 is 35.1 Å². The molecule has 0 amide bonds. The van der Waals surface area contributed by atoms with E-state index in [9.17, 15) is 0 Å². The van der Waals surface area contributed by atoms with Gasteiger partial charge in [0, 0.05) is 17.0 Å². The molecule has 1 saturated carbocycles. The molecule has 1 aliphatic rings. The summed E-state index contributed by atoms with van der Waals surface area (Å²) in [7, 11) is 0. The third-order valence-corrected chi connectivity index (χ3v) is 6.13. The number of thioether (sulfide) groups is 1. The molecule has 3 nitrogen and oxygen atoms in total. The molecule has 2 aromatic heterocycles. The molecule has 0 spiro atoms. The van der Waals surface area contributed by atoms with Gasteiger partial charge in [-0.2, -0.15) is 11.8 Å². The zero-order chi connectivity index (χ0) is 14.2. The lowest BCUT2D eigenvalue weighted by Gasteiger charge is -2.36. The standard InChI is InChI=1S/C15H21N3S2/c1-11-6-7-12-13(16-11)18(14(19)17-12)10-15(20-2)8-4-3-5-9-15/h6-7H,3-5,8-10H2,1-2H3,(H,17,19). The van der Waals surface area contributed by atoms with E-state index in [-0.39, 0.29) is 0 Å². The van der Waals surface area contributed by atoms with Gasteiger partial charge in [-0.05, 0) is 50.4 Å². The second-order valence-corrected chi connectivity index (χ2v) is 7.45. The summed E-state index contributed by atoms with van der Waals surface area (Å²) >= 11 is 7.52. The van der Waals surface area contributed by atoms with Gasteiger partial charge in [0.2, 0.25) is 0 Å². The van der Waals surface area contributed by atoms with Crippen molar-refractivity contribution in [3.8, 4) is 0 Å². The average Bonchev–Trinajstić information content (AvgIpc) is 2.76. The summed E-state index contributed by atoms with van der Waals surface area (Å²) < 4.78 is 3.34. The number of nitrogens with zero attached hydrogens (tertiary/aromatic N) is 2. The molecule has 0 saturated heterocycles. The number of aromatic nitrogens is 3. The Hall–Kier alpha value is -0.810. The van der Waals surface area contributed by atoms with Gasteiger partial charge >= 0.3 is 0 Å². The van der Waals surface area contributed by atoms with E-state index in [1.807, 2.05) is 24.8 Å². The first-order chi connectivity index (χ1) is 9.63. The minimum atomic E-state index is 0.330. The molecule has 0 atom stereocenters. The number of H-pyrrole nitrogens is 1. The summed E-state index contributed by atoms with van der Waals surface area (Å²) in [6, 6.07) is 4.11. The van der Waals surface area contributed by atoms with Crippen molar-refractivity contribution in [1.82, 2.24) is 14.5 Å². The zero-order valence-electron chi connectivity index (χ0n) is 12.1. The van der Waals surface area contributed by atoms with Crippen molar-refractivity contribution in [2.75, 3.05) is 6.26 Å². The van der Waals surface area contributed by atoms with Crippen LogP contribution in [0.2, 0.25) is 0 Å². The number of hydrogen-bond acceptors (Lipinski definition) is 3. The highest BCUT2D eigenvalue weighted by atomic mass is 32.2. The Bertz CT molecular complexity index is 665. The number of aryl methyl sites for hydroxylation is 1. The molecular weight excluding hydrogens is 286 g/mol. The summed E-state index contributed by atoms with van der Waals surface area (Å²) in [5.74, 6) is 0. The van der Waals surface area contributed by atoms with Crippen LogP contribution < -0.4 is 0 Å². The quantitative estimate of drug-likeness (QED) is 0.850. The number of rotatable bonds is 3. The van der Waals surface area contributed by atoms with Crippen molar-refractivity contribution in [3.05, 3.63) is 22.6 Å². The van der Waals surface area contributed by atoms with Gasteiger partial charge in [-0.1, -0.05) is 19.3 Å². The molecule has 1 aliphatic carbocycles. The van der Waals surface area contributed by atoms with Crippen LogP contribution in [0.5, 0.6) is 0 Å². The Morgan fingerprint density at radius 2 is 2.10 bits per heavy atom. The molecule has 0 radical (unpaired) electrons. The molecule has 3 rings (SSSR count). The number of imidazole rings is 1. The Morgan fingerprint density at radius 1 is 1.35 bits per heavy atom. The van der Waals surface area contributed by atoms with Gasteiger partial charge in [-0.3, -0.25) is 0 Å². The lowest BCUT2D eigenvalue weighted by molar-refractivity contribution is 0.359. The summed E-state index contributed by atoms with van der Waals surface area (Å²) in [5, 5.41) is 0. The highest BCUT2D eigenvalue weighted by Gasteiger charge is 2.32. The average molecular weight is 307 g/mol. The van der Waals surface area contributed by atoms with E-state index in [4.69, 9.17) is 12.2 Å². The molecule has 1 fully saturated rings. The maximum atomic E-state index is 5.52. The van der Waals surface area contributed by atoms with Crippen molar-refractivity contribution in [2.24, 2.45) is 0 Å². The van der Waals surface area contributed by atoms with Gasteiger partial charge < -0.3 is 9.55 Å². The van der Waals surface area contributed by atoms with Crippen molar-refractivity contribution < 1.29 is 0 Å². The van der Waals surface area contributed by atoms with Crippen LogP contribution in [-0.2, 0) is 6.54 Å². The first-order valence-electron chi connectivity index (χ1n) is 7.25. The van der Waals surface area contributed by atoms with Crippen LogP contribution in [0.3, 0.4) is 0 Å². The van der Waals surface area contributed by atoms with E-state index in [0.29, 0.717) is 4.75 Å². The van der Waals surface area contributed by atoms with Crippen LogP contribution in [-0.4, -0.2) is 25.5 Å². The van der Waals surface area contributed by atoms with Gasteiger partial charge in [-0.25, -0.2) is 4.98 Å². The Labute approximate surface area is 129 Å². The summed E-state index contributed by atoms with van der Waals surface area (Å²) in [6.45, 7) is 3.01. The van der Waals surface area contributed by atoms with Crippen molar-refractivity contribution in [2.45, 2.75) is 50.3 Å². The molecule has 2 heterocycles. The number of nitrogens with one attached hydrogen (secondary N) is 1. The van der Waals surface area contributed by atoms with E-state index in [1.165, 1.54) is 32.1 Å². The van der Waals surface area contributed by atoms with E-state index < -0.39 is 0 Å². The molecular formula is C15H21N3S2. The van der Waals surface area contributed by atoms with Gasteiger partial charge in [0.1, 0.15) is 0 Å². The normalized spacial score (nSPS) is 18.5. The fourth-order valence-electron chi connectivity index (χ4n) is 3.18. The molecule has 0 aromatic carbocycles. The van der Waals surface area contributed by atoms with Gasteiger partial charge in [0.15, 0.2) is 10.4 Å². The third-order valence-electron chi connectivity index (χ3n) is 4.40. The van der Waals surface area contributed by atoms with Crippen LogP contribution in [0.25, 0.3) is 11.2 Å². The van der Waals surface area contributed by atoms with Crippen molar-refractivity contribution in [1.29, 1.82) is 0 Å². The zero-order valence-corrected chi connectivity index (χ0v) is 13.7. The lowest BCUT2D eigenvalue weighted by Crippen LogP contribution is -2.33. The first kappa shape index (κ1) is 14.1. The summed E-state index contributed by atoms with van der Waals surface area (Å²) in [5.41, 5.74) is 3.10. The number of aromatic amines is 1. The fourth-order valence-corrected chi connectivity index (χ4v) is 4.40. The topological polar surface area (TPSA) is 33.6 Å². The molecule has 0 aliphatic heterocycles. The van der Waals surface area contributed by atoms with Crippen LogP contribution in [0.15, 0.2) is 12.1 Å². The second-order valence-electron chi connectivity index (χ2n) is 5.79. The molecule has 108 valence electrons. The molecule has 20 heavy (non-hydrogen) atoms. The fraction of sp³-hybridized carbons (Fsp3) is 0.600. The SMILES string of the molecule is CSC1(Cn2c(=S)[nH]c3ccc(C)nc32)CCCCC1. The molecule has 1 N–H and O–H groups in total. The minimum absolute atomic E-state index is 0.330. The van der Waals surface area contributed by atoms with E-state index >= 15 is 0 Å². The van der Waals surface area contributed by atoms with Gasteiger partial charge in [0.05, 0.1) is 5.52 Å². The van der Waals surface area contributed by atoms with E-state index in [1.54, 1.807) is 0 Å². The van der Waals surface area contributed by atoms with Crippen LogP contribution in [0.1, 0.15) is 37.8 Å². The number of fused-ring (bicyclic) bond motifs is 1.